The Labute approximate surface area is 138 Å². The first-order valence-corrected chi connectivity index (χ1v) is 9.28. The Bertz CT molecular complexity index is 644. The van der Waals surface area contributed by atoms with Crippen molar-refractivity contribution in [3.05, 3.63) is 28.8 Å². The van der Waals surface area contributed by atoms with E-state index in [0.717, 1.165) is 19.2 Å². The molecule has 1 heterocycles. The molecular weight excluding hydrogens is 353 g/mol. The molecule has 1 aromatic carbocycles. The van der Waals surface area contributed by atoms with Gasteiger partial charge >= 0.3 is 5.97 Å². The van der Waals surface area contributed by atoms with Crippen LogP contribution in [0.25, 0.3) is 0 Å². The smallest absolute Gasteiger partial charge is 0.338 e. The Morgan fingerprint density at radius 1 is 1.32 bits per heavy atom. The molecule has 0 amide bonds. The molecule has 122 valence electrons. The topological polar surface area (TPSA) is 72.9 Å². The van der Waals surface area contributed by atoms with Crippen molar-refractivity contribution in [1.82, 2.24) is 4.90 Å². The van der Waals surface area contributed by atoms with Gasteiger partial charge in [-0.05, 0) is 18.2 Å². The Balaban J connectivity index is 1.95. The summed E-state index contributed by atoms with van der Waals surface area (Å²) >= 11 is 5.76. The van der Waals surface area contributed by atoms with Gasteiger partial charge in [-0.2, -0.15) is 0 Å². The van der Waals surface area contributed by atoms with Crippen molar-refractivity contribution in [2.45, 2.75) is 4.90 Å². The first-order valence-electron chi connectivity index (χ1n) is 6.59. The minimum atomic E-state index is -4.02. The van der Waals surface area contributed by atoms with Crippen LogP contribution in [0.5, 0.6) is 0 Å². The number of carbonyl (C=O) groups excluding carboxylic acids is 1. The maximum Gasteiger partial charge on any atom is 0.338 e. The van der Waals surface area contributed by atoms with Crippen molar-refractivity contribution >= 4 is 37.3 Å². The lowest BCUT2D eigenvalue weighted by molar-refractivity contribution is 0.0195. The lowest BCUT2D eigenvalue weighted by Crippen LogP contribution is -2.38. The number of esters is 1. The molecule has 0 unspecified atom stereocenters. The predicted molar refractivity (Wildman–Crippen MR) is 82.0 cm³/mol. The third kappa shape index (κ3) is 4.82. The van der Waals surface area contributed by atoms with Crippen LogP contribution in [0.3, 0.4) is 0 Å². The van der Waals surface area contributed by atoms with Crippen LogP contribution in [-0.2, 0) is 18.5 Å². The number of ether oxygens (including phenoxy) is 2. The van der Waals surface area contributed by atoms with Gasteiger partial charge < -0.3 is 9.47 Å². The summed E-state index contributed by atoms with van der Waals surface area (Å²) < 4.78 is 33.1. The number of hydrogen-bond donors (Lipinski definition) is 0. The SMILES string of the molecule is O=C(OCCN1CCOCC1)c1ccc(Cl)c(S(=O)(=O)Cl)c1. The summed E-state index contributed by atoms with van der Waals surface area (Å²) in [5, 5.41) is -0.0418. The highest BCUT2D eigenvalue weighted by Crippen LogP contribution is 2.26. The Morgan fingerprint density at radius 3 is 2.64 bits per heavy atom. The van der Waals surface area contributed by atoms with Crippen molar-refractivity contribution in [1.29, 1.82) is 0 Å². The van der Waals surface area contributed by atoms with Crippen LogP contribution in [-0.4, -0.2) is 58.7 Å². The second kappa shape index (κ2) is 7.61. The van der Waals surface area contributed by atoms with Crippen LogP contribution >= 0.6 is 22.3 Å². The molecule has 1 aliphatic rings. The molecule has 1 fully saturated rings. The number of nitrogens with zero attached hydrogens (tertiary/aromatic N) is 1. The number of morpholine rings is 1. The predicted octanol–water partition coefficient (Wildman–Crippen LogP) is 1.76. The zero-order valence-electron chi connectivity index (χ0n) is 11.6. The van der Waals surface area contributed by atoms with Gasteiger partial charge in [-0.3, -0.25) is 4.90 Å². The van der Waals surface area contributed by atoms with Crippen LogP contribution in [0.1, 0.15) is 10.4 Å². The maximum absolute atomic E-state index is 11.9. The fourth-order valence-electron chi connectivity index (χ4n) is 1.99. The Kier molecular flexibility index (Phi) is 6.05. The molecule has 0 aromatic heterocycles. The summed E-state index contributed by atoms with van der Waals surface area (Å²) in [5.74, 6) is -0.619. The summed E-state index contributed by atoms with van der Waals surface area (Å²) in [6.45, 7) is 3.75. The normalized spacial score (nSPS) is 16.5. The molecule has 0 atom stereocenters. The number of hydrogen-bond acceptors (Lipinski definition) is 6. The minimum Gasteiger partial charge on any atom is -0.461 e. The molecule has 0 bridgehead atoms. The lowest BCUT2D eigenvalue weighted by atomic mass is 10.2. The van der Waals surface area contributed by atoms with Gasteiger partial charge in [0.1, 0.15) is 11.5 Å². The van der Waals surface area contributed by atoms with Crippen molar-refractivity contribution in [2.24, 2.45) is 0 Å². The molecule has 1 aliphatic heterocycles. The van der Waals surface area contributed by atoms with E-state index in [0.29, 0.717) is 19.8 Å². The molecule has 9 heteroatoms. The summed E-state index contributed by atoms with van der Waals surface area (Å²) in [7, 11) is 1.25. The number of benzene rings is 1. The van der Waals surface area contributed by atoms with Gasteiger partial charge in [0, 0.05) is 30.3 Å². The Hall–Kier alpha value is -0.860. The van der Waals surface area contributed by atoms with Crippen LogP contribution in [0.2, 0.25) is 5.02 Å². The minimum absolute atomic E-state index is 0.0418. The fourth-order valence-corrected chi connectivity index (χ4v) is 3.49. The van der Waals surface area contributed by atoms with Gasteiger partial charge in [-0.15, -0.1) is 0 Å². The largest absolute Gasteiger partial charge is 0.461 e. The maximum atomic E-state index is 11.9. The van der Waals surface area contributed by atoms with E-state index in [1.807, 2.05) is 0 Å². The number of carbonyl (C=O) groups is 1. The highest BCUT2D eigenvalue weighted by molar-refractivity contribution is 8.13. The first-order chi connectivity index (χ1) is 10.4. The average molecular weight is 368 g/mol. The van der Waals surface area contributed by atoms with Gasteiger partial charge in [-0.1, -0.05) is 11.6 Å². The van der Waals surface area contributed by atoms with E-state index in [-0.39, 0.29) is 22.1 Å². The van der Waals surface area contributed by atoms with Crippen LogP contribution in [0.15, 0.2) is 23.1 Å². The summed E-state index contributed by atoms with van der Waals surface area (Å²) in [6.07, 6.45) is 0. The highest BCUT2D eigenvalue weighted by Gasteiger charge is 2.18. The average Bonchev–Trinajstić information content (AvgIpc) is 2.47. The first kappa shape index (κ1) is 17.5. The summed E-state index contributed by atoms with van der Waals surface area (Å²) in [4.78, 5) is 13.7. The second-order valence-corrected chi connectivity index (χ2v) is 7.61. The van der Waals surface area contributed by atoms with E-state index >= 15 is 0 Å². The van der Waals surface area contributed by atoms with E-state index in [1.165, 1.54) is 12.1 Å². The van der Waals surface area contributed by atoms with Crippen molar-refractivity contribution in [3.63, 3.8) is 0 Å². The Morgan fingerprint density at radius 2 is 2.00 bits per heavy atom. The van der Waals surface area contributed by atoms with Gasteiger partial charge in [-0.25, -0.2) is 13.2 Å². The van der Waals surface area contributed by atoms with E-state index < -0.39 is 15.0 Å². The van der Waals surface area contributed by atoms with Crippen LogP contribution in [0.4, 0.5) is 0 Å². The highest BCUT2D eigenvalue weighted by atomic mass is 35.7. The van der Waals surface area contributed by atoms with Crippen LogP contribution < -0.4 is 0 Å². The molecule has 0 N–H and O–H groups in total. The van der Waals surface area contributed by atoms with Crippen molar-refractivity contribution in [2.75, 3.05) is 39.5 Å². The standard InChI is InChI=1S/C13H15Cl2NO5S/c14-11-2-1-10(9-12(11)22(15,18)19)13(17)21-8-5-16-3-6-20-7-4-16/h1-2,9H,3-8H2. The molecule has 0 spiro atoms. The third-order valence-corrected chi connectivity index (χ3v) is 4.98. The molecule has 0 aliphatic carbocycles. The molecule has 22 heavy (non-hydrogen) atoms. The van der Waals surface area contributed by atoms with E-state index in [1.54, 1.807) is 0 Å². The number of halogens is 2. The van der Waals surface area contributed by atoms with Crippen molar-refractivity contribution in [3.8, 4) is 0 Å². The molecule has 0 saturated carbocycles. The third-order valence-electron chi connectivity index (χ3n) is 3.17. The van der Waals surface area contributed by atoms with Gasteiger partial charge in [0.25, 0.3) is 9.05 Å². The molecule has 1 aromatic rings. The van der Waals surface area contributed by atoms with E-state index in [2.05, 4.69) is 4.90 Å². The zero-order chi connectivity index (χ0) is 16.2. The summed E-state index contributed by atoms with van der Waals surface area (Å²) in [6, 6.07) is 3.81. The molecule has 1 saturated heterocycles. The van der Waals surface area contributed by atoms with Gasteiger partial charge in [0.2, 0.25) is 0 Å². The van der Waals surface area contributed by atoms with Crippen LogP contribution in [0, 0.1) is 0 Å². The van der Waals surface area contributed by atoms with Gasteiger partial charge in [0.15, 0.2) is 0 Å². The van der Waals surface area contributed by atoms with Gasteiger partial charge in [0.05, 0.1) is 23.8 Å². The van der Waals surface area contributed by atoms with E-state index in [4.69, 9.17) is 31.8 Å². The zero-order valence-corrected chi connectivity index (χ0v) is 14.0. The second-order valence-electron chi connectivity index (χ2n) is 4.67. The monoisotopic (exact) mass is 367 g/mol. The van der Waals surface area contributed by atoms with E-state index in [9.17, 15) is 13.2 Å². The number of rotatable bonds is 5. The lowest BCUT2D eigenvalue weighted by Gasteiger charge is -2.26. The quantitative estimate of drug-likeness (QED) is 0.583. The summed E-state index contributed by atoms with van der Waals surface area (Å²) in [5.41, 5.74) is 0.0885. The molecule has 6 nitrogen and oxygen atoms in total. The van der Waals surface area contributed by atoms with Crippen molar-refractivity contribution < 1.29 is 22.7 Å². The fraction of sp³-hybridized carbons (Fsp3) is 0.462. The molecule has 0 radical (unpaired) electrons. The molecule has 2 rings (SSSR count). The molecular formula is C13H15Cl2NO5S.